The Morgan fingerprint density at radius 2 is 2.25 bits per heavy atom. The highest BCUT2D eigenvalue weighted by Gasteiger charge is 2.58. The molecule has 6 N–H and O–H groups in total. The van der Waals surface area contributed by atoms with E-state index in [4.69, 9.17) is 20.3 Å². The van der Waals surface area contributed by atoms with Gasteiger partial charge in [0.1, 0.15) is 17.3 Å². The van der Waals surface area contributed by atoms with E-state index < -0.39 is 44.4 Å². The zero-order valence-corrected chi connectivity index (χ0v) is 13.3. The minimum Gasteiger partial charge on any atom is -0.381 e. The number of nitrogens with zero attached hydrogens (tertiary/aromatic N) is 1. The Hall–Kier alpha value is -1.65. The maximum atomic E-state index is 11.2. The third-order valence-corrected chi connectivity index (χ3v) is 4.17. The van der Waals surface area contributed by atoms with E-state index in [9.17, 15) is 19.6 Å². The van der Waals surface area contributed by atoms with Gasteiger partial charge in [-0.2, -0.15) is 4.57 Å². The summed E-state index contributed by atoms with van der Waals surface area (Å²) >= 11 is 0. The van der Waals surface area contributed by atoms with E-state index in [1.807, 2.05) is 0 Å². The van der Waals surface area contributed by atoms with Crippen LogP contribution in [0.5, 0.6) is 0 Å². The van der Waals surface area contributed by atoms with Crippen molar-refractivity contribution in [1.82, 2.24) is 0 Å². The van der Waals surface area contributed by atoms with Crippen molar-refractivity contribution in [2.24, 2.45) is 5.73 Å². The van der Waals surface area contributed by atoms with Gasteiger partial charge in [-0.05, 0) is 6.07 Å². The summed E-state index contributed by atoms with van der Waals surface area (Å²) < 4.78 is 21.9. The number of hydrogen-bond donors (Lipinski definition) is 5. The zero-order valence-electron chi connectivity index (χ0n) is 12.4. The lowest BCUT2D eigenvalue weighted by molar-refractivity contribution is -0.766. The van der Waals surface area contributed by atoms with Crippen LogP contribution in [-0.4, -0.2) is 50.3 Å². The Labute approximate surface area is 137 Å². The summed E-state index contributed by atoms with van der Waals surface area (Å²) in [5.41, 5.74) is 3.32. The topological polar surface area (TPSA) is 163 Å². The van der Waals surface area contributed by atoms with Gasteiger partial charge < -0.3 is 30.5 Å². The molecule has 1 unspecified atom stereocenters. The summed E-state index contributed by atoms with van der Waals surface area (Å²) in [7, 11) is -4.79. The number of amides is 1. The predicted octanol–water partition coefficient (Wildman–Crippen LogP) is -1.64. The zero-order chi connectivity index (χ0) is 18.1. The molecule has 2 rings (SSSR count). The molecule has 0 aromatic carbocycles. The monoisotopic (exact) mass is 361 g/mol. The number of hydrogen-bond acceptors (Lipinski definition) is 6. The third kappa shape index (κ3) is 3.70. The number of nitrogens with two attached hydrogens (primary N) is 1. The molecule has 1 aromatic rings. The summed E-state index contributed by atoms with van der Waals surface area (Å²) in [6.07, 6.45) is -0.204. The fourth-order valence-electron chi connectivity index (χ4n) is 2.39. The molecule has 1 amide bonds. The molecule has 132 valence electrons. The fourth-order valence-corrected chi connectivity index (χ4v) is 2.72. The van der Waals surface area contributed by atoms with E-state index in [1.54, 1.807) is 0 Å². The van der Waals surface area contributed by atoms with Crippen molar-refractivity contribution in [1.29, 1.82) is 0 Å². The number of primary amides is 1. The smallest absolute Gasteiger partial charge is 0.381 e. The first-order valence-corrected chi connectivity index (χ1v) is 8.31. The number of pyridine rings is 1. The van der Waals surface area contributed by atoms with Crippen molar-refractivity contribution in [3.8, 4) is 0 Å². The second kappa shape index (κ2) is 6.69. The van der Waals surface area contributed by atoms with Crippen LogP contribution < -0.4 is 10.3 Å². The lowest BCUT2D eigenvalue weighted by Crippen LogP contribution is -2.51. The van der Waals surface area contributed by atoms with E-state index in [-0.39, 0.29) is 5.56 Å². The highest BCUT2D eigenvalue weighted by molar-refractivity contribution is 7.46. The van der Waals surface area contributed by atoms with Gasteiger partial charge in [0.05, 0.1) is 6.61 Å². The first-order valence-electron chi connectivity index (χ1n) is 6.78. The Balaban J connectivity index is 2.30. The molecule has 10 nitrogen and oxygen atoms in total. The average Bonchev–Trinajstić information content (AvgIpc) is 2.77. The van der Waals surface area contributed by atoms with Gasteiger partial charge in [0.15, 0.2) is 18.5 Å². The number of carbonyl (C=O) groups is 1. The van der Waals surface area contributed by atoms with Crippen LogP contribution in [0.15, 0.2) is 37.2 Å². The summed E-state index contributed by atoms with van der Waals surface area (Å²) in [6, 6.07) is 2.94. The fraction of sp³-hybridized carbons (Fsp3) is 0.385. The molecule has 2 heterocycles. The molecule has 1 aliphatic heterocycles. The second-order valence-electron chi connectivity index (χ2n) is 5.24. The number of phosphoric acid groups is 1. The van der Waals surface area contributed by atoms with Crippen LogP contribution in [0.1, 0.15) is 16.6 Å². The predicted molar refractivity (Wildman–Crippen MR) is 78.2 cm³/mol. The van der Waals surface area contributed by atoms with Crippen LogP contribution in [0.4, 0.5) is 0 Å². The number of phosphoric ester groups is 1. The number of aliphatic hydroxyl groups excluding tert-OH is 1. The van der Waals surface area contributed by atoms with Gasteiger partial charge >= 0.3 is 7.82 Å². The van der Waals surface area contributed by atoms with E-state index in [2.05, 4.69) is 11.1 Å². The molecular weight excluding hydrogens is 343 g/mol. The largest absolute Gasteiger partial charge is 0.469 e. The SMILES string of the molecule is C=C[C@@]1(O)C(COP(=O)(O)O)O[C@@H]([n+]2cccc(C(N)=O)c2)[C@@H]1O. The van der Waals surface area contributed by atoms with Gasteiger partial charge in [-0.3, -0.25) is 9.32 Å². The third-order valence-electron chi connectivity index (χ3n) is 3.68. The van der Waals surface area contributed by atoms with E-state index in [1.165, 1.54) is 29.1 Å². The van der Waals surface area contributed by atoms with Gasteiger partial charge in [-0.25, -0.2) is 4.57 Å². The Bertz CT molecular complexity index is 692. The number of aliphatic hydroxyl groups is 2. The highest BCUT2D eigenvalue weighted by Crippen LogP contribution is 2.40. The maximum Gasteiger partial charge on any atom is 0.469 e. The van der Waals surface area contributed by atoms with Crippen LogP contribution in [0.3, 0.4) is 0 Å². The lowest BCUT2D eigenvalue weighted by Gasteiger charge is -2.25. The van der Waals surface area contributed by atoms with Gasteiger partial charge in [-0.1, -0.05) is 6.08 Å². The molecule has 11 heteroatoms. The highest BCUT2D eigenvalue weighted by atomic mass is 31.2. The van der Waals surface area contributed by atoms with Crippen molar-refractivity contribution in [2.75, 3.05) is 6.61 Å². The molecule has 0 radical (unpaired) electrons. The molecular formula is C13H18N2O8P+. The standard InChI is InChI=1S/C13H17N2O8P/c1-2-13(18)9(7-22-24(19,20)21)23-12(10(13)16)15-5-3-4-8(6-15)11(14)17/h2-6,9-10,12,16,18H,1,7H2,(H3-,14,17,19,20,21)/p+1/t9?,10-,12+,13+/m0/s1. The lowest BCUT2D eigenvalue weighted by atomic mass is 9.92. The van der Waals surface area contributed by atoms with Gasteiger partial charge in [-0.15, -0.1) is 6.58 Å². The molecule has 1 aromatic heterocycles. The molecule has 0 saturated carbocycles. The van der Waals surface area contributed by atoms with Crippen LogP contribution >= 0.6 is 7.82 Å². The summed E-state index contributed by atoms with van der Waals surface area (Å²) in [5.74, 6) is -0.697. The van der Waals surface area contributed by atoms with E-state index in [0.29, 0.717) is 0 Å². The minimum absolute atomic E-state index is 0.144. The van der Waals surface area contributed by atoms with Crippen molar-refractivity contribution in [2.45, 2.75) is 24.0 Å². The maximum absolute atomic E-state index is 11.2. The van der Waals surface area contributed by atoms with Crippen molar-refractivity contribution in [3.05, 3.63) is 42.7 Å². The van der Waals surface area contributed by atoms with Gasteiger partial charge in [0.25, 0.3) is 12.1 Å². The van der Waals surface area contributed by atoms with Crippen molar-refractivity contribution < 1.29 is 43.2 Å². The molecule has 0 bridgehead atoms. The first-order chi connectivity index (χ1) is 11.1. The summed E-state index contributed by atoms with van der Waals surface area (Å²) in [5, 5.41) is 20.9. The number of rotatable bonds is 6. The number of carbonyl (C=O) groups excluding carboxylic acids is 1. The number of ether oxygens (including phenoxy) is 1. The molecule has 0 spiro atoms. The molecule has 1 fully saturated rings. The minimum atomic E-state index is -4.79. The Morgan fingerprint density at radius 3 is 2.79 bits per heavy atom. The van der Waals surface area contributed by atoms with Crippen molar-refractivity contribution in [3.63, 3.8) is 0 Å². The number of aromatic nitrogens is 1. The van der Waals surface area contributed by atoms with E-state index in [0.717, 1.165) is 6.08 Å². The Morgan fingerprint density at radius 1 is 1.58 bits per heavy atom. The molecule has 1 aliphatic rings. The second-order valence-corrected chi connectivity index (χ2v) is 6.48. The Kier molecular flexibility index (Phi) is 5.21. The van der Waals surface area contributed by atoms with Crippen LogP contribution in [0, 0.1) is 0 Å². The average molecular weight is 361 g/mol. The normalized spacial score (nSPS) is 30.2. The molecule has 0 aliphatic carbocycles. The van der Waals surface area contributed by atoms with Crippen molar-refractivity contribution >= 4 is 13.7 Å². The summed E-state index contributed by atoms with van der Waals surface area (Å²) in [6.45, 7) is 2.73. The van der Waals surface area contributed by atoms with Gasteiger partial charge in [0, 0.05) is 6.07 Å². The summed E-state index contributed by atoms with van der Waals surface area (Å²) in [4.78, 5) is 28.8. The molecule has 24 heavy (non-hydrogen) atoms. The first kappa shape index (κ1) is 18.7. The van der Waals surface area contributed by atoms with Crippen LogP contribution in [0.2, 0.25) is 0 Å². The molecule has 1 saturated heterocycles. The van der Waals surface area contributed by atoms with Crippen LogP contribution in [0.25, 0.3) is 0 Å². The molecule has 4 atom stereocenters. The van der Waals surface area contributed by atoms with Gasteiger partial charge in [0.2, 0.25) is 0 Å². The van der Waals surface area contributed by atoms with E-state index >= 15 is 0 Å². The quantitative estimate of drug-likeness (QED) is 0.229. The van der Waals surface area contributed by atoms with Crippen LogP contribution in [-0.2, 0) is 13.8 Å².